The Morgan fingerprint density at radius 2 is 1.44 bits per heavy atom. The molecule has 0 bridgehead atoms. The van der Waals surface area contributed by atoms with E-state index in [4.69, 9.17) is 5.26 Å². The first-order chi connectivity index (χ1) is 7.81. The summed E-state index contributed by atoms with van der Waals surface area (Å²) < 4.78 is 12.1. The highest BCUT2D eigenvalue weighted by Gasteiger charge is 2.13. The van der Waals surface area contributed by atoms with Gasteiger partial charge in [-0.3, -0.25) is 0 Å². The molecule has 3 heteroatoms. The van der Waals surface area contributed by atoms with Gasteiger partial charge in [0.25, 0.3) is 0 Å². The number of hydrogen-bond donors (Lipinski definition) is 0. The van der Waals surface area contributed by atoms with E-state index in [1.807, 2.05) is 36.4 Å². The zero-order chi connectivity index (χ0) is 11.4. The Hall–Kier alpha value is -1.76. The van der Waals surface area contributed by atoms with Crippen LogP contribution in [0.1, 0.15) is 5.56 Å². The van der Waals surface area contributed by atoms with Crippen molar-refractivity contribution in [3.05, 3.63) is 60.2 Å². The molecular weight excluding hydrogens is 218 g/mol. The normalized spacial score (nSPS) is 11.8. The van der Waals surface area contributed by atoms with Crippen molar-refractivity contribution in [2.24, 2.45) is 0 Å². The monoisotopic (exact) mass is 227 g/mol. The Morgan fingerprint density at radius 3 is 2.00 bits per heavy atom. The van der Waals surface area contributed by atoms with Crippen molar-refractivity contribution < 1.29 is 4.55 Å². The molecule has 0 fully saturated rings. The quantitative estimate of drug-likeness (QED) is 0.740. The summed E-state index contributed by atoms with van der Waals surface area (Å²) in [5.74, 6) is 0. The number of nitriles is 1. The molecule has 2 aromatic rings. The van der Waals surface area contributed by atoms with Crippen LogP contribution in [0.2, 0.25) is 0 Å². The van der Waals surface area contributed by atoms with Crippen LogP contribution in [0.3, 0.4) is 0 Å². The number of rotatable bonds is 2. The van der Waals surface area contributed by atoms with E-state index < -0.39 is 11.2 Å². The largest absolute Gasteiger partial charge is 0.606 e. The molecule has 0 radical (unpaired) electrons. The van der Waals surface area contributed by atoms with Gasteiger partial charge in [0, 0.05) is 11.2 Å². The molecule has 2 aromatic carbocycles. The molecule has 0 saturated carbocycles. The van der Waals surface area contributed by atoms with Crippen LogP contribution in [-0.4, -0.2) is 4.55 Å². The third-order valence-corrected chi connectivity index (χ3v) is 3.56. The number of benzene rings is 2. The average molecular weight is 227 g/mol. The highest BCUT2D eigenvalue weighted by atomic mass is 32.2. The lowest BCUT2D eigenvalue weighted by Crippen LogP contribution is -2.01. The fraction of sp³-hybridized carbons (Fsp3) is 0. The molecule has 0 N–H and O–H groups in total. The lowest BCUT2D eigenvalue weighted by Gasteiger charge is -2.09. The van der Waals surface area contributed by atoms with Crippen molar-refractivity contribution in [1.82, 2.24) is 0 Å². The van der Waals surface area contributed by atoms with Crippen LogP contribution in [0.4, 0.5) is 0 Å². The van der Waals surface area contributed by atoms with Crippen molar-refractivity contribution in [3.8, 4) is 6.07 Å². The van der Waals surface area contributed by atoms with Gasteiger partial charge < -0.3 is 4.55 Å². The van der Waals surface area contributed by atoms with Gasteiger partial charge in [-0.05, 0) is 36.4 Å². The van der Waals surface area contributed by atoms with Crippen molar-refractivity contribution in [2.75, 3.05) is 0 Å². The van der Waals surface area contributed by atoms with Crippen molar-refractivity contribution in [1.29, 1.82) is 5.26 Å². The third kappa shape index (κ3) is 2.25. The molecule has 0 aliphatic heterocycles. The summed E-state index contributed by atoms with van der Waals surface area (Å²) in [6, 6.07) is 18.1. The van der Waals surface area contributed by atoms with Gasteiger partial charge in [-0.25, -0.2) is 0 Å². The summed E-state index contributed by atoms with van der Waals surface area (Å²) in [5.41, 5.74) is 0.578. The van der Waals surface area contributed by atoms with Crippen LogP contribution in [0.15, 0.2) is 64.4 Å². The predicted molar refractivity (Wildman–Crippen MR) is 62.3 cm³/mol. The Balaban J connectivity index is 2.28. The van der Waals surface area contributed by atoms with Crippen molar-refractivity contribution in [3.63, 3.8) is 0 Å². The van der Waals surface area contributed by atoms with Gasteiger partial charge in [0.15, 0.2) is 9.79 Å². The van der Waals surface area contributed by atoms with Crippen LogP contribution >= 0.6 is 0 Å². The first kappa shape index (κ1) is 10.7. The topological polar surface area (TPSA) is 46.8 Å². The van der Waals surface area contributed by atoms with E-state index in [0.29, 0.717) is 10.5 Å². The molecule has 78 valence electrons. The Kier molecular flexibility index (Phi) is 3.25. The highest BCUT2D eigenvalue weighted by Crippen LogP contribution is 2.20. The van der Waals surface area contributed by atoms with Crippen molar-refractivity contribution >= 4 is 11.2 Å². The van der Waals surface area contributed by atoms with Crippen molar-refractivity contribution in [2.45, 2.75) is 9.79 Å². The van der Waals surface area contributed by atoms with Crippen LogP contribution < -0.4 is 0 Å². The molecule has 16 heavy (non-hydrogen) atoms. The van der Waals surface area contributed by atoms with Gasteiger partial charge in [0.1, 0.15) is 0 Å². The smallest absolute Gasteiger partial charge is 0.158 e. The van der Waals surface area contributed by atoms with Crippen LogP contribution in [0, 0.1) is 11.3 Å². The Labute approximate surface area is 97.3 Å². The summed E-state index contributed by atoms with van der Waals surface area (Å²) in [5, 5.41) is 8.66. The second-order valence-corrected chi connectivity index (χ2v) is 4.70. The molecule has 0 aliphatic carbocycles. The van der Waals surface area contributed by atoms with Gasteiger partial charge >= 0.3 is 0 Å². The molecular formula is C13H9NOS. The molecule has 0 saturated heterocycles. The number of nitrogens with zero attached hydrogens (tertiary/aromatic N) is 1. The molecule has 0 amide bonds. The van der Waals surface area contributed by atoms with E-state index in [1.165, 1.54) is 0 Å². The average Bonchev–Trinajstić information content (AvgIpc) is 2.39. The maximum atomic E-state index is 12.1. The maximum absolute atomic E-state index is 12.1. The molecule has 0 aromatic heterocycles. The van der Waals surface area contributed by atoms with E-state index in [0.717, 1.165) is 4.90 Å². The summed E-state index contributed by atoms with van der Waals surface area (Å²) in [6.45, 7) is 0. The molecule has 0 heterocycles. The van der Waals surface area contributed by atoms with Gasteiger partial charge in [0.2, 0.25) is 0 Å². The van der Waals surface area contributed by atoms with Gasteiger partial charge in [-0.15, -0.1) is 0 Å². The van der Waals surface area contributed by atoms with Crippen LogP contribution in [0.5, 0.6) is 0 Å². The second kappa shape index (κ2) is 4.84. The van der Waals surface area contributed by atoms with E-state index in [9.17, 15) is 4.55 Å². The Bertz CT molecular complexity index is 502. The third-order valence-electron chi connectivity index (χ3n) is 2.15. The lowest BCUT2D eigenvalue weighted by atomic mass is 10.2. The molecule has 2 rings (SSSR count). The van der Waals surface area contributed by atoms with Crippen LogP contribution in [-0.2, 0) is 11.2 Å². The summed E-state index contributed by atoms with van der Waals surface area (Å²) in [4.78, 5) is 1.48. The van der Waals surface area contributed by atoms with E-state index in [1.54, 1.807) is 24.3 Å². The molecule has 0 spiro atoms. The van der Waals surface area contributed by atoms with E-state index in [-0.39, 0.29) is 0 Å². The summed E-state index contributed by atoms with van der Waals surface area (Å²) in [7, 11) is 0. The zero-order valence-electron chi connectivity index (χ0n) is 8.46. The summed E-state index contributed by atoms with van der Waals surface area (Å²) >= 11 is -1.17. The zero-order valence-corrected chi connectivity index (χ0v) is 9.28. The maximum Gasteiger partial charge on any atom is 0.158 e. The standard InChI is InChI=1S/C13H9NOS/c14-10-11-6-8-13(9-7-11)16(15)12-4-2-1-3-5-12/h1-9H. The minimum absolute atomic E-state index is 0.578. The Morgan fingerprint density at radius 1 is 0.875 bits per heavy atom. The fourth-order valence-corrected chi connectivity index (χ4v) is 2.39. The highest BCUT2D eigenvalue weighted by molar-refractivity contribution is 7.91. The second-order valence-electron chi connectivity index (χ2n) is 3.22. The van der Waals surface area contributed by atoms with Crippen LogP contribution in [0.25, 0.3) is 0 Å². The molecule has 1 unspecified atom stereocenters. The lowest BCUT2D eigenvalue weighted by molar-refractivity contribution is 0.595. The molecule has 0 aliphatic rings. The van der Waals surface area contributed by atoms with E-state index in [2.05, 4.69) is 0 Å². The first-order valence-electron chi connectivity index (χ1n) is 4.78. The minimum Gasteiger partial charge on any atom is -0.606 e. The van der Waals surface area contributed by atoms with Gasteiger partial charge in [0.05, 0.1) is 11.6 Å². The minimum atomic E-state index is -1.17. The van der Waals surface area contributed by atoms with Gasteiger partial charge in [-0.1, -0.05) is 18.2 Å². The first-order valence-corrected chi connectivity index (χ1v) is 5.93. The SMILES string of the molecule is N#Cc1ccc([S+]([O-])c2ccccc2)cc1. The summed E-state index contributed by atoms with van der Waals surface area (Å²) in [6.07, 6.45) is 0. The van der Waals surface area contributed by atoms with Gasteiger partial charge in [-0.2, -0.15) is 5.26 Å². The predicted octanol–water partition coefficient (Wildman–Crippen LogP) is 2.72. The van der Waals surface area contributed by atoms with E-state index >= 15 is 0 Å². The number of hydrogen-bond acceptors (Lipinski definition) is 2. The molecule has 2 nitrogen and oxygen atoms in total. The fourth-order valence-electron chi connectivity index (χ4n) is 1.33. The molecule has 1 atom stereocenters.